The van der Waals surface area contributed by atoms with Crippen molar-refractivity contribution in [3.05, 3.63) is 77.9 Å². The molecule has 0 bridgehead atoms. The van der Waals surface area contributed by atoms with Crippen LogP contribution in [0.2, 0.25) is 0 Å². The summed E-state index contributed by atoms with van der Waals surface area (Å²) < 4.78 is 16.6. The molecule has 5 rings (SSSR count). The molecule has 0 unspecified atom stereocenters. The lowest BCUT2D eigenvalue weighted by Gasteiger charge is -2.32. The van der Waals surface area contributed by atoms with Crippen LogP contribution in [-0.2, 0) is 23.9 Å². The van der Waals surface area contributed by atoms with Gasteiger partial charge in [-0.2, -0.15) is 0 Å². The zero-order chi connectivity index (χ0) is 23.9. The lowest BCUT2D eigenvalue weighted by Crippen LogP contribution is -2.59. The van der Waals surface area contributed by atoms with Crippen molar-refractivity contribution in [2.75, 3.05) is 13.2 Å². The predicted molar refractivity (Wildman–Crippen MR) is 124 cm³/mol. The van der Waals surface area contributed by atoms with E-state index in [4.69, 9.17) is 14.2 Å². The van der Waals surface area contributed by atoms with Crippen molar-refractivity contribution in [1.82, 2.24) is 5.32 Å². The SMILES string of the molecule is CCOC(=O)C1(C(=O)OCC)N[C@H]2c3c(ccc4ccccc34)OC(=O)[C@H]2[C@@H]1c1ccccc1. The number of carbonyl (C=O) groups is 3. The largest absolute Gasteiger partial charge is 0.464 e. The van der Waals surface area contributed by atoms with Gasteiger partial charge in [0, 0.05) is 11.5 Å². The molecule has 34 heavy (non-hydrogen) atoms. The molecule has 1 N–H and O–H groups in total. The Balaban J connectivity index is 1.79. The molecule has 0 spiro atoms. The monoisotopic (exact) mass is 459 g/mol. The normalized spacial score (nSPS) is 22.4. The van der Waals surface area contributed by atoms with E-state index in [1.165, 1.54) is 0 Å². The predicted octanol–water partition coefficient (Wildman–Crippen LogP) is 3.67. The van der Waals surface area contributed by atoms with Crippen LogP contribution in [0.15, 0.2) is 66.7 Å². The van der Waals surface area contributed by atoms with Crippen LogP contribution in [0.25, 0.3) is 10.8 Å². The van der Waals surface area contributed by atoms with E-state index < -0.39 is 41.3 Å². The summed E-state index contributed by atoms with van der Waals surface area (Å²) >= 11 is 0. The smallest absolute Gasteiger partial charge is 0.338 e. The van der Waals surface area contributed by atoms with Gasteiger partial charge in [-0.3, -0.25) is 10.1 Å². The van der Waals surface area contributed by atoms with Crippen LogP contribution in [0, 0.1) is 5.92 Å². The molecular formula is C27H25NO6. The maximum atomic E-state index is 13.6. The van der Waals surface area contributed by atoms with Gasteiger partial charge in [0.05, 0.1) is 25.2 Å². The summed E-state index contributed by atoms with van der Waals surface area (Å²) in [4.78, 5) is 40.6. The fraction of sp³-hybridized carbons (Fsp3) is 0.296. The average Bonchev–Trinajstić information content (AvgIpc) is 3.23. The molecule has 7 heteroatoms. The molecule has 3 aromatic carbocycles. The number of nitrogens with one attached hydrogen (secondary N) is 1. The first-order chi connectivity index (χ1) is 16.5. The second kappa shape index (κ2) is 8.57. The van der Waals surface area contributed by atoms with Gasteiger partial charge in [0.25, 0.3) is 0 Å². The molecule has 3 aromatic rings. The third-order valence-corrected chi connectivity index (χ3v) is 6.65. The maximum Gasteiger partial charge on any atom is 0.338 e. The minimum atomic E-state index is -1.92. The highest BCUT2D eigenvalue weighted by Crippen LogP contribution is 2.55. The van der Waals surface area contributed by atoms with E-state index in [1.54, 1.807) is 44.2 Å². The quantitative estimate of drug-likeness (QED) is 0.354. The molecule has 1 saturated heterocycles. The Labute approximate surface area is 197 Å². The molecule has 174 valence electrons. The van der Waals surface area contributed by atoms with Crippen LogP contribution >= 0.6 is 0 Å². The fourth-order valence-corrected chi connectivity index (χ4v) is 5.34. The summed E-state index contributed by atoms with van der Waals surface area (Å²) in [5.41, 5.74) is -0.538. The number of hydrogen-bond acceptors (Lipinski definition) is 7. The van der Waals surface area contributed by atoms with Gasteiger partial charge in [0.15, 0.2) is 0 Å². The highest BCUT2D eigenvalue weighted by atomic mass is 16.6. The van der Waals surface area contributed by atoms with Crippen LogP contribution in [-0.4, -0.2) is 36.7 Å². The van der Waals surface area contributed by atoms with Crippen LogP contribution in [0.4, 0.5) is 0 Å². The third kappa shape index (κ3) is 3.19. The van der Waals surface area contributed by atoms with Crippen molar-refractivity contribution in [1.29, 1.82) is 0 Å². The van der Waals surface area contributed by atoms with Crippen molar-refractivity contribution < 1.29 is 28.6 Å². The second-order valence-electron chi connectivity index (χ2n) is 8.40. The zero-order valence-electron chi connectivity index (χ0n) is 18.9. The molecule has 0 aliphatic carbocycles. The summed E-state index contributed by atoms with van der Waals surface area (Å²) in [5.74, 6) is -3.39. The molecular weight excluding hydrogens is 434 g/mol. The molecule has 3 atom stereocenters. The van der Waals surface area contributed by atoms with Crippen molar-refractivity contribution in [3.63, 3.8) is 0 Å². The Morgan fingerprint density at radius 3 is 2.24 bits per heavy atom. The Morgan fingerprint density at radius 1 is 0.912 bits per heavy atom. The molecule has 0 amide bonds. The second-order valence-corrected chi connectivity index (χ2v) is 8.40. The average molecular weight is 459 g/mol. The Morgan fingerprint density at radius 2 is 1.56 bits per heavy atom. The number of carbonyl (C=O) groups excluding carboxylic acids is 3. The molecule has 1 fully saturated rings. The summed E-state index contributed by atoms with van der Waals surface area (Å²) in [5, 5.41) is 5.09. The van der Waals surface area contributed by atoms with Gasteiger partial charge in [0.1, 0.15) is 5.75 Å². The van der Waals surface area contributed by atoms with E-state index in [0.29, 0.717) is 11.3 Å². The van der Waals surface area contributed by atoms with Crippen LogP contribution in [0.1, 0.15) is 36.9 Å². The number of ether oxygens (including phenoxy) is 3. The molecule has 0 aromatic heterocycles. The van der Waals surface area contributed by atoms with Crippen molar-refractivity contribution in [3.8, 4) is 5.75 Å². The van der Waals surface area contributed by atoms with Gasteiger partial charge >= 0.3 is 17.9 Å². The first-order valence-corrected chi connectivity index (χ1v) is 11.4. The lowest BCUT2D eigenvalue weighted by atomic mass is 9.72. The fourth-order valence-electron chi connectivity index (χ4n) is 5.34. The van der Waals surface area contributed by atoms with Crippen molar-refractivity contribution in [2.24, 2.45) is 5.92 Å². The standard InChI is InChI=1S/C27H25NO6/c1-3-32-25(30)27(26(31)33-4-2)22(17-11-6-5-7-12-17)21-23(28-27)20-18-13-9-8-10-16(18)14-15-19(20)34-24(21)29/h5-15,21-23,28H,3-4H2,1-2H3/t21-,22-,23-/m0/s1. The minimum absolute atomic E-state index is 0.0719. The number of benzene rings is 3. The van der Waals surface area contributed by atoms with Gasteiger partial charge < -0.3 is 14.2 Å². The van der Waals surface area contributed by atoms with E-state index in [9.17, 15) is 14.4 Å². The number of hydrogen-bond donors (Lipinski definition) is 1. The Kier molecular flexibility index (Phi) is 5.57. The number of rotatable bonds is 5. The van der Waals surface area contributed by atoms with Crippen LogP contribution < -0.4 is 10.1 Å². The van der Waals surface area contributed by atoms with E-state index in [0.717, 1.165) is 16.3 Å². The molecule has 2 heterocycles. The summed E-state index contributed by atoms with van der Waals surface area (Å²) in [6.07, 6.45) is 0. The lowest BCUT2D eigenvalue weighted by molar-refractivity contribution is -0.166. The molecule has 2 aliphatic rings. The number of esters is 3. The van der Waals surface area contributed by atoms with Gasteiger partial charge in [-0.05, 0) is 36.2 Å². The topological polar surface area (TPSA) is 90.9 Å². The zero-order valence-corrected chi connectivity index (χ0v) is 18.9. The molecule has 0 radical (unpaired) electrons. The Bertz CT molecular complexity index is 1250. The third-order valence-electron chi connectivity index (χ3n) is 6.65. The van der Waals surface area contributed by atoms with Crippen molar-refractivity contribution >= 4 is 28.7 Å². The first-order valence-electron chi connectivity index (χ1n) is 11.4. The van der Waals surface area contributed by atoms with E-state index in [2.05, 4.69) is 5.32 Å². The van der Waals surface area contributed by atoms with E-state index in [-0.39, 0.29) is 13.2 Å². The minimum Gasteiger partial charge on any atom is -0.464 e. The molecule has 7 nitrogen and oxygen atoms in total. The van der Waals surface area contributed by atoms with Gasteiger partial charge in [0.2, 0.25) is 5.54 Å². The summed E-state index contributed by atoms with van der Waals surface area (Å²) in [7, 11) is 0. The van der Waals surface area contributed by atoms with Crippen LogP contribution in [0.5, 0.6) is 5.75 Å². The van der Waals surface area contributed by atoms with Crippen LogP contribution in [0.3, 0.4) is 0 Å². The van der Waals surface area contributed by atoms with Crippen molar-refractivity contribution in [2.45, 2.75) is 31.3 Å². The molecule has 0 saturated carbocycles. The van der Waals surface area contributed by atoms with E-state index >= 15 is 0 Å². The van der Waals surface area contributed by atoms with Gasteiger partial charge in [-0.1, -0.05) is 60.7 Å². The highest BCUT2D eigenvalue weighted by Gasteiger charge is 2.68. The Hall–Kier alpha value is -3.71. The first kappa shape index (κ1) is 22.1. The summed E-state index contributed by atoms with van der Waals surface area (Å²) in [6.45, 7) is 3.49. The highest BCUT2D eigenvalue weighted by molar-refractivity contribution is 6.08. The summed E-state index contributed by atoms with van der Waals surface area (Å²) in [6, 6.07) is 19.8. The van der Waals surface area contributed by atoms with Gasteiger partial charge in [-0.15, -0.1) is 0 Å². The van der Waals surface area contributed by atoms with E-state index in [1.807, 2.05) is 36.4 Å². The van der Waals surface area contributed by atoms with Gasteiger partial charge in [-0.25, -0.2) is 9.59 Å². The number of fused-ring (bicyclic) bond motifs is 5. The maximum absolute atomic E-state index is 13.6. The molecule has 2 aliphatic heterocycles.